The first kappa shape index (κ1) is 18.7. The van der Waals surface area contributed by atoms with Crippen molar-refractivity contribution < 1.29 is 14.7 Å². The molecule has 2 aromatic heterocycles. The number of nitrogens with two attached hydrogens (primary N) is 1. The topological polar surface area (TPSA) is 101 Å². The van der Waals surface area contributed by atoms with Gasteiger partial charge in [0, 0.05) is 34.9 Å². The van der Waals surface area contributed by atoms with E-state index in [-0.39, 0.29) is 16.9 Å². The number of primary amides is 1. The lowest BCUT2D eigenvalue weighted by Gasteiger charge is -2.34. The Morgan fingerprint density at radius 2 is 1.96 bits per heavy atom. The zero-order chi connectivity index (χ0) is 19.0. The van der Waals surface area contributed by atoms with Crippen LogP contribution < -0.4 is 10.6 Å². The fourth-order valence-electron chi connectivity index (χ4n) is 3.37. The maximum atomic E-state index is 11.5. The quantitative estimate of drug-likeness (QED) is 0.709. The van der Waals surface area contributed by atoms with Crippen LogP contribution in [-0.4, -0.2) is 39.6 Å². The average molecular weight is 442 g/mol. The summed E-state index contributed by atoms with van der Waals surface area (Å²) in [5.74, 6) is -0.887. The molecule has 0 bridgehead atoms. The molecule has 1 aliphatic heterocycles. The number of aromatic nitrogens is 2. The van der Waals surface area contributed by atoms with Crippen molar-refractivity contribution in [3.63, 3.8) is 0 Å². The predicted octanol–water partition coefficient (Wildman–Crippen LogP) is 3.25. The number of halogens is 2. The van der Waals surface area contributed by atoms with E-state index in [1.807, 2.05) is 16.4 Å². The van der Waals surface area contributed by atoms with Crippen molar-refractivity contribution >= 4 is 45.2 Å². The van der Waals surface area contributed by atoms with Crippen LogP contribution in [0.5, 0.6) is 0 Å². The minimum Gasteiger partial charge on any atom is -0.477 e. The van der Waals surface area contributed by atoms with E-state index in [4.69, 9.17) is 17.3 Å². The van der Waals surface area contributed by atoms with Gasteiger partial charge in [0.2, 0.25) is 5.91 Å². The van der Waals surface area contributed by atoms with Gasteiger partial charge < -0.3 is 20.3 Å². The molecule has 3 N–H and O–H groups in total. The van der Waals surface area contributed by atoms with E-state index in [0.29, 0.717) is 24.5 Å². The van der Waals surface area contributed by atoms with Crippen molar-refractivity contribution in [2.24, 2.45) is 5.73 Å². The van der Waals surface area contributed by atoms with Crippen molar-refractivity contribution in [3.05, 3.63) is 44.8 Å². The minimum atomic E-state index is -0.941. The highest BCUT2D eigenvalue weighted by molar-refractivity contribution is 9.10. The summed E-state index contributed by atoms with van der Waals surface area (Å²) in [5, 5.41) is 9.68. The van der Waals surface area contributed by atoms with Gasteiger partial charge in [-0.05, 0) is 53.9 Å². The van der Waals surface area contributed by atoms with Crippen LogP contribution in [0.2, 0.25) is 5.15 Å². The molecule has 138 valence electrons. The summed E-state index contributed by atoms with van der Waals surface area (Å²) in [6.45, 7) is 3.25. The molecule has 1 aliphatic rings. The first-order valence-corrected chi connectivity index (χ1v) is 9.28. The number of aromatic carboxylic acids is 1. The molecule has 0 spiro atoms. The molecule has 3 rings (SSSR count). The summed E-state index contributed by atoms with van der Waals surface area (Å²) < 4.78 is 2.67. The molecule has 2 aromatic rings. The standard InChI is InChI=1S/C17H18BrClN4O3/c1-9-12(18)8-13(17(25)26)23(9)11-2-4-22(5-3-11)15-7-10(16(20)24)6-14(19)21-15/h6-8,11H,2-5H2,1H3,(H2,20,24)(H,25,26). The van der Waals surface area contributed by atoms with Gasteiger partial charge in [-0.2, -0.15) is 0 Å². The molecule has 3 heterocycles. The summed E-state index contributed by atoms with van der Waals surface area (Å²) in [4.78, 5) is 29.3. The number of piperidine rings is 1. The summed E-state index contributed by atoms with van der Waals surface area (Å²) in [5.41, 5.74) is 6.84. The van der Waals surface area contributed by atoms with Crippen LogP contribution in [0, 0.1) is 6.92 Å². The van der Waals surface area contributed by atoms with Gasteiger partial charge in [-0.3, -0.25) is 4.79 Å². The fraction of sp³-hybridized carbons (Fsp3) is 0.353. The van der Waals surface area contributed by atoms with Gasteiger partial charge in [-0.1, -0.05) is 11.6 Å². The third-order valence-electron chi connectivity index (χ3n) is 4.67. The number of amides is 1. The SMILES string of the molecule is Cc1c(Br)cc(C(=O)O)n1C1CCN(c2cc(C(N)=O)cc(Cl)n2)CC1. The Balaban J connectivity index is 1.81. The van der Waals surface area contributed by atoms with E-state index in [2.05, 4.69) is 20.9 Å². The minimum absolute atomic E-state index is 0.0819. The second-order valence-electron chi connectivity index (χ2n) is 6.26. The molecule has 7 nitrogen and oxygen atoms in total. The number of carboxylic acids is 1. The van der Waals surface area contributed by atoms with Crippen LogP contribution in [0.4, 0.5) is 5.82 Å². The molecule has 1 amide bonds. The lowest BCUT2D eigenvalue weighted by Crippen LogP contribution is -2.36. The van der Waals surface area contributed by atoms with E-state index in [1.165, 1.54) is 6.07 Å². The van der Waals surface area contributed by atoms with Crippen LogP contribution in [0.25, 0.3) is 0 Å². The Morgan fingerprint density at radius 3 is 2.54 bits per heavy atom. The smallest absolute Gasteiger partial charge is 0.352 e. The molecule has 9 heteroatoms. The van der Waals surface area contributed by atoms with Crippen molar-refractivity contribution in [1.29, 1.82) is 0 Å². The number of hydrogen-bond acceptors (Lipinski definition) is 4. The number of anilines is 1. The lowest BCUT2D eigenvalue weighted by atomic mass is 10.0. The number of carboxylic acid groups (broad SMARTS) is 1. The highest BCUT2D eigenvalue weighted by Gasteiger charge is 2.27. The largest absolute Gasteiger partial charge is 0.477 e. The van der Waals surface area contributed by atoms with Gasteiger partial charge in [0.25, 0.3) is 0 Å². The van der Waals surface area contributed by atoms with Crippen LogP contribution in [0.3, 0.4) is 0 Å². The van der Waals surface area contributed by atoms with E-state index < -0.39 is 11.9 Å². The Hall–Kier alpha value is -2.06. The number of carbonyl (C=O) groups excluding carboxylic acids is 1. The molecule has 0 saturated carbocycles. The number of nitrogens with zero attached hydrogens (tertiary/aromatic N) is 3. The van der Waals surface area contributed by atoms with Gasteiger partial charge >= 0.3 is 5.97 Å². The van der Waals surface area contributed by atoms with E-state index in [1.54, 1.807) is 12.1 Å². The van der Waals surface area contributed by atoms with Crippen LogP contribution >= 0.6 is 27.5 Å². The second kappa shape index (κ2) is 7.28. The van der Waals surface area contributed by atoms with Gasteiger partial charge in [0.15, 0.2) is 0 Å². The monoisotopic (exact) mass is 440 g/mol. The number of pyridine rings is 1. The molecular weight excluding hydrogens is 424 g/mol. The zero-order valence-corrected chi connectivity index (χ0v) is 16.4. The maximum Gasteiger partial charge on any atom is 0.352 e. The highest BCUT2D eigenvalue weighted by Crippen LogP contribution is 2.32. The highest BCUT2D eigenvalue weighted by atomic mass is 79.9. The second-order valence-corrected chi connectivity index (χ2v) is 7.50. The zero-order valence-electron chi connectivity index (χ0n) is 14.1. The molecular formula is C17H18BrClN4O3. The van der Waals surface area contributed by atoms with Crippen LogP contribution in [0.15, 0.2) is 22.7 Å². The normalized spacial score (nSPS) is 15.3. The maximum absolute atomic E-state index is 11.5. The Bertz CT molecular complexity index is 875. The summed E-state index contributed by atoms with van der Waals surface area (Å²) in [7, 11) is 0. The van der Waals surface area contributed by atoms with Gasteiger partial charge in [-0.15, -0.1) is 0 Å². The third kappa shape index (κ3) is 3.57. The molecule has 1 fully saturated rings. The van der Waals surface area contributed by atoms with Crippen molar-refractivity contribution in [3.8, 4) is 0 Å². The number of rotatable bonds is 4. The Labute approximate surface area is 163 Å². The van der Waals surface area contributed by atoms with E-state index >= 15 is 0 Å². The number of carbonyl (C=O) groups is 2. The summed E-state index contributed by atoms with van der Waals surface area (Å²) >= 11 is 9.41. The van der Waals surface area contributed by atoms with Crippen molar-refractivity contribution in [1.82, 2.24) is 9.55 Å². The van der Waals surface area contributed by atoms with Crippen molar-refractivity contribution in [2.75, 3.05) is 18.0 Å². The first-order valence-electron chi connectivity index (χ1n) is 8.11. The average Bonchev–Trinajstić information content (AvgIpc) is 2.90. The molecule has 0 aromatic carbocycles. The Morgan fingerprint density at radius 1 is 1.31 bits per heavy atom. The van der Waals surface area contributed by atoms with Crippen LogP contribution in [0.1, 0.15) is 45.4 Å². The molecule has 26 heavy (non-hydrogen) atoms. The van der Waals surface area contributed by atoms with Crippen LogP contribution in [-0.2, 0) is 0 Å². The summed E-state index contributed by atoms with van der Waals surface area (Å²) in [6, 6.07) is 4.80. The molecule has 0 radical (unpaired) electrons. The molecule has 0 unspecified atom stereocenters. The molecule has 0 aliphatic carbocycles. The first-order chi connectivity index (χ1) is 12.3. The van der Waals surface area contributed by atoms with E-state index in [0.717, 1.165) is 23.0 Å². The fourth-order valence-corrected chi connectivity index (χ4v) is 3.98. The van der Waals surface area contributed by atoms with Gasteiger partial charge in [0.1, 0.15) is 16.7 Å². The Kier molecular flexibility index (Phi) is 5.24. The predicted molar refractivity (Wildman–Crippen MR) is 102 cm³/mol. The molecule has 0 atom stereocenters. The van der Waals surface area contributed by atoms with Gasteiger partial charge in [0.05, 0.1) is 0 Å². The summed E-state index contributed by atoms with van der Waals surface area (Å²) in [6.07, 6.45) is 1.50. The number of hydrogen-bond donors (Lipinski definition) is 2. The molecule has 1 saturated heterocycles. The van der Waals surface area contributed by atoms with E-state index in [9.17, 15) is 14.7 Å². The van der Waals surface area contributed by atoms with Gasteiger partial charge in [-0.25, -0.2) is 9.78 Å². The third-order valence-corrected chi connectivity index (χ3v) is 5.66. The lowest BCUT2D eigenvalue weighted by molar-refractivity contribution is 0.0680. The van der Waals surface area contributed by atoms with Crippen molar-refractivity contribution in [2.45, 2.75) is 25.8 Å².